The van der Waals surface area contributed by atoms with Crippen molar-refractivity contribution in [3.63, 3.8) is 0 Å². The number of amidine groups is 1. The first-order chi connectivity index (χ1) is 6.75. The Morgan fingerprint density at radius 1 is 1.31 bits per heavy atom. The molecule has 0 aliphatic carbocycles. The predicted molar refractivity (Wildman–Crippen MR) is 54.7 cm³/mol. The highest BCUT2D eigenvalue weighted by Gasteiger charge is 2.36. The monoisotopic (exact) mass is 276 g/mol. The zero-order chi connectivity index (χ0) is 11.8. The molecule has 0 saturated carbocycles. The van der Waals surface area contributed by atoms with Crippen LogP contribution in [0.3, 0.4) is 0 Å². The van der Waals surface area contributed by atoms with Gasteiger partial charge in [-0.25, -0.2) is 4.39 Å². The third-order valence-electron chi connectivity index (χ3n) is 1.67. The van der Waals surface area contributed by atoms with Crippen molar-refractivity contribution < 1.29 is 17.6 Å². The third-order valence-corrected chi connectivity index (χ3v) is 1.96. The van der Waals surface area contributed by atoms with Gasteiger partial charge in [-0.3, -0.25) is 5.41 Å². The van der Waals surface area contributed by atoms with Gasteiger partial charge in [-0.2, -0.15) is 13.2 Å². The molecule has 0 aliphatic heterocycles. The van der Waals surface area contributed by atoms with Crippen molar-refractivity contribution in [3.05, 3.63) is 34.1 Å². The smallest absolute Gasteiger partial charge is 0.384 e. The number of alkyl halides is 3. The maximum Gasteiger partial charge on any atom is 0.417 e. The lowest BCUT2D eigenvalue weighted by atomic mass is 10.1. The lowest BCUT2D eigenvalue weighted by molar-refractivity contribution is -0.137. The van der Waals surface area contributed by atoms with Crippen LogP contribution >= 0.6 is 24.0 Å². The summed E-state index contributed by atoms with van der Waals surface area (Å²) in [5, 5.41) is 6.37. The van der Waals surface area contributed by atoms with Crippen LogP contribution in [0.2, 0.25) is 5.02 Å². The number of nitrogen functional groups attached to an aromatic ring is 1. The van der Waals surface area contributed by atoms with E-state index in [-0.39, 0.29) is 12.4 Å². The highest BCUT2D eigenvalue weighted by Crippen LogP contribution is 2.34. The number of halogens is 6. The standard InChI is InChI=1S/C8H5ClF4N2.ClH/c9-4-2-1-3(8(11,12)13)5(6(4)10)7(14)15;/h1-2H,(H3,14,15);1H. The first-order valence-corrected chi connectivity index (χ1v) is 4.02. The Hall–Kier alpha value is -1.01. The van der Waals surface area contributed by atoms with Crippen LogP contribution in [0.5, 0.6) is 0 Å². The van der Waals surface area contributed by atoms with E-state index in [1.165, 1.54) is 0 Å². The molecule has 0 unspecified atom stereocenters. The molecule has 0 heterocycles. The van der Waals surface area contributed by atoms with E-state index in [0.29, 0.717) is 6.07 Å². The Bertz CT molecular complexity index is 417. The van der Waals surface area contributed by atoms with Gasteiger partial charge in [0.1, 0.15) is 5.84 Å². The zero-order valence-corrected chi connectivity index (χ0v) is 9.10. The fourth-order valence-corrected chi connectivity index (χ4v) is 1.21. The topological polar surface area (TPSA) is 49.9 Å². The average Bonchev–Trinajstić information content (AvgIpc) is 2.06. The summed E-state index contributed by atoms with van der Waals surface area (Å²) in [6, 6.07) is 1.36. The summed E-state index contributed by atoms with van der Waals surface area (Å²) in [4.78, 5) is 0. The van der Waals surface area contributed by atoms with Gasteiger partial charge >= 0.3 is 6.18 Å². The Morgan fingerprint density at radius 3 is 2.19 bits per heavy atom. The molecule has 90 valence electrons. The summed E-state index contributed by atoms with van der Waals surface area (Å²) in [6.07, 6.45) is -4.77. The van der Waals surface area contributed by atoms with E-state index >= 15 is 0 Å². The molecule has 1 aromatic carbocycles. The van der Waals surface area contributed by atoms with E-state index in [4.69, 9.17) is 22.7 Å². The van der Waals surface area contributed by atoms with Gasteiger partial charge < -0.3 is 5.73 Å². The van der Waals surface area contributed by atoms with Crippen molar-refractivity contribution in [2.75, 3.05) is 0 Å². The molecule has 0 atom stereocenters. The summed E-state index contributed by atoms with van der Waals surface area (Å²) in [7, 11) is 0. The molecule has 0 bridgehead atoms. The van der Waals surface area contributed by atoms with E-state index in [1.54, 1.807) is 0 Å². The van der Waals surface area contributed by atoms with Gasteiger partial charge in [0.2, 0.25) is 0 Å². The second-order valence-electron chi connectivity index (χ2n) is 2.70. The molecule has 0 fully saturated rings. The van der Waals surface area contributed by atoms with Gasteiger partial charge in [-0.15, -0.1) is 12.4 Å². The fourth-order valence-electron chi connectivity index (χ4n) is 1.05. The molecular weight excluding hydrogens is 271 g/mol. The average molecular weight is 277 g/mol. The summed E-state index contributed by atoms with van der Waals surface area (Å²) >= 11 is 5.29. The van der Waals surface area contributed by atoms with Gasteiger partial charge in [-0.1, -0.05) is 11.6 Å². The predicted octanol–water partition coefficient (Wildman–Crippen LogP) is 3.20. The van der Waals surface area contributed by atoms with E-state index in [1.807, 2.05) is 0 Å². The minimum atomic E-state index is -4.77. The molecule has 1 aromatic rings. The molecule has 2 nitrogen and oxygen atoms in total. The highest BCUT2D eigenvalue weighted by molar-refractivity contribution is 6.31. The van der Waals surface area contributed by atoms with Crippen LogP contribution in [0.15, 0.2) is 12.1 Å². The number of nitrogens with two attached hydrogens (primary N) is 1. The van der Waals surface area contributed by atoms with Crippen molar-refractivity contribution in [1.29, 1.82) is 5.41 Å². The fraction of sp³-hybridized carbons (Fsp3) is 0.125. The number of hydrogen-bond acceptors (Lipinski definition) is 1. The van der Waals surface area contributed by atoms with E-state index in [2.05, 4.69) is 0 Å². The second kappa shape index (κ2) is 4.88. The summed E-state index contributed by atoms with van der Waals surface area (Å²) in [5.74, 6) is -2.35. The van der Waals surface area contributed by atoms with Gasteiger partial charge in [-0.05, 0) is 12.1 Å². The van der Waals surface area contributed by atoms with Crippen LogP contribution in [-0.2, 0) is 6.18 Å². The van der Waals surface area contributed by atoms with Crippen molar-refractivity contribution in [3.8, 4) is 0 Å². The number of nitrogens with one attached hydrogen (secondary N) is 1. The van der Waals surface area contributed by atoms with E-state index in [9.17, 15) is 17.6 Å². The van der Waals surface area contributed by atoms with Crippen molar-refractivity contribution in [2.24, 2.45) is 5.73 Å². The minimum absolute atomic E-state index is 0. The molecule has 0 aliphatic rings. The molecule has 0 saturated heterocycles. The maximum atomic E-state index is 13.2. The van der Waals surface area contributed by atoms with Crippen LogP contribution < -0.4 is 5.73 Å². The van der Waals surface area contributed by atoms with Crippen LogP contribution in [0, 0.1) is 11.2 Å². The molecule has 3 N–H and O–H groups in total. The molecule has 0 amide bonds. The summed E-state index contributed by atoms with van der Waals surface area (Å²) in [5.41, 5.74) is 2.54. The summed E-state index contributed by atoms with van der Waals surface area (Å²) < 4.78 is 50.3. The molecule has 0 spiro atoms. The SMILES string of the molecule is Cl.N=C(N)c1c(C(F)(F)F)ccc(Cl)c1F. The molecular formula is C8H6Cl2F4N2. The molecule has 16 heavy (non-hydrogen) atoms. The van der Waals surface area contributed by atoms with Gasteiger partial charge in [0.05, 0.1) is 16.1 Å². The third kappa shape index (κ3) is 2.76. The lowest BCUT2D eigenvalue weighted by Gasteiger charge is -2.12. The van der Waals surface area contributed by atoms with Crippen molar-refractivity contribution >= 4 is 29.8 Å². The number of benzene rings is 1. The first kappa shape index (κ1) is 15.0. The van der Waals surface area contributed by atoms with Gasteiger partial charge in [0, 0.05) is 0 Å². The van der Waals surface area contributed by atoms with Gasteiger partial charge in [0.15, 0.2) is 5.82 Å². The number of rotatable bonds is 1. The molecule has 1 rings (SSSR count). The van der Waals surface area contributed by atoms with E-state index < -0.39 is 34.0 Å². The normalized spacial score (nSPS) is 10.8. The van der Waals surface area contributed by atoms with E-state index in [0.717, 1.165) is 6.07 Å². The Balaban J connectivity index is 0.00000225. The van der Waals surface area contributed by atoms with Crippen molar-refractivity contribution in [1.82, 2.24) is 0 Å². The van der Waals surface area contributed by atoms with Crippen LogP contribution in [0.1, 0.15) is 11.1 Å². The number of hydrogen-bond donors (Lipinski definition) is 2. The van der Waals surface area contributed by atoms with Crippen LogP contribution in [0.25, 0.3) is 0 Å². The Kier molecular flexibility index (Phi) is 4.57. The first-order valence-electron chi connectivity index (χ1n) is 3.64. The Morgan fingerprint density at radius 2 is 1.81 bits per heavy atom. The lowest BCUT2D eigenvalue weighted by Crippen LogP contribution is -2.20. The molecule has 8 heteroatoms. The molecule has 0 aromatic heterocycles. The maximum absolute atomic E-state index is 13.2. The van der Waals surface area contributed by atoms with Crippen molar-refractivity contribution in [2.45, 2.75) is 6.18 Å². The highest BCUT2D eigenvalue weighted by atomic mass is 35.5. The molecule has 0 radical (unpaired) electrons. The second-order valence-corrected chi connectivity index (χ2v) is 3.10. The minimum Gasteiger partial charge on any atom is -0.384 e. The zero-order valence-electron chi connectivity index (χ0n) is 7.53. The summed E-state index contributed by atoms with van der Waals surface area (Å²) in [6.45, 7) is 0. The Labute approximate surface area is 99.3 Å². The quantitative estimate of drug-likeness (QED) is 0.462. The largest absolute Gasteiger partial charge is 0.417 e. The van der Waals surface area contributed by atoms with Crippen LogP contribution in [-0.4, -0.2) is 5.84 Å². The van der Waals surface area contributed by atoms with Crippen LogP contribution in [0.4, 0.5) is 17.6 Å². The van der Waals surface area contributed by atoms with Gasteiger partial charge in [0.25, 0.3) is 0 Å².